The number of rotatable bonds is 6. The molecule has 2 N–H and O–H groups in total. The first kappa shape index (κ1) is 20.2. The van der Waals surface area contributed by atoms with Gasteiger partial charge in [0.15, 0.2) is 0 Å². The van der Waals surface area contributed by atoms with Gasteiger partial charge in [-0.3, -0.25) is 9.59 Å². The molecule has 0 bridgehead atoms. The third-order valence-electron chi connectivity index (χ3n) is 4.10. The first-order valence-electron chi connectivity index (χ1n) is 9.00. The highest BCUT2D eigenvalue weighted by molar-refractivity contribution is 6.43. The molecule has 0 heterocycles. The first-order valence-corrected chi connectivity index (χ1v) is 9.00. The maximum absolute atomic E-state index is 12.3. The zero-order valence-corrected chi connectivity index (χ0v) is 15.8. The predicted octanol–water partition coefficient (Wildman–Crippen LogP) is 3.57. The topological polar surface area (TPSA) is 84.5 Å². The van der Waals surface area contributed by atoms with E-state index in [2.05, 4.69) is 10.6 Å². The van der Waals surface area contributed by atoms with Crippen LogP contribution in [0.3, 0.4) is 0 Å². The van der Waals surface area contributed by atoms with E-state index in [9.17, 15) is 14.4 Å². The average molecular weight is 368 g/mol. The van der Waals surface area contributed by atoms with E-state index in [1.165, 1.54) is 12.1 Å². The van der Waals surface area contributed by atoms with Crippen LogP contribution in [0, 0.1) is 0 Å². The molecule has 0 aromatic heterocycles. The summed E-state index contributed by atoms with van der Waals surface area (Å²) < 4.78 is 4.91. The van der Waals surface area contributed by atoms with Crippen LogP contribution in [0.25, 0.3) is 0 Å². The van der Waals surface area contributed by atoms with Crippen LogP contribution in [0.15, 0.2) is 42.5 Å². The van der Waals surface area contributed by atoms with Crippen molar-refractivity contribution in [3.05, 3.63) is 59.2 Å². The van der Waals surface area contributed by atoms with Gasteiger partial charge in [-0.2, -0.15) is 0 Å². The number of esters is 1. The summed E-state index contributed by atoms with van der Waals surface area (Å²) in [5.41, 5.74) is 3.45. The van der Waals surface area contributed by atoms with E-state index in [0.717, 1.165) is 24.0 Å². The van der Waals surface area contributed by atoms with Crippen molar-refractivity contribution < 1.29 is 19.1 Å². The second-order valence-electron chi connectivity index (χ2n) is 5.86. The Hall–Kier alpha value is -3.15. The number of carbonyl (C=O) groups is 3. The lowest BCUT2D eigenvalue weighted by Gasteiger charge is -2.14. The van der Waals surface area contributed by atoms with E-state index < -0.39 is 17.8 Å². The lowest BCUT2D eigenvalue weighted by molar-refractivity contribution is -0.133. The molecule has 6 nitrogen and oxygen atoms in total. The highest BCUT2D eigenvalue weighted by Gasteiger charge is 2.17. The molecule has 2 aromatic rings. The van der Waals surface area contributed by atoms with Crippen LogP contribution < -0.4 is 10.6 Å². The number of amides is 2. The van der Waals surface area contributed by atoms with E-state index in [-0.39, 0.29) is 6.61 Å². The molecular formula is C21H24N2O4. The quantitative estimate of drug-likeness (QED) is 0.603. The van der Waals surface area contributed by atoms with Crippen LogP contribution >= 0.6 is 0 Å². The van der Waals surface area contributed by atoms with Crippen LogP contribution in [-0.2, 0) is 27.2 Å². The van der Waals surface area contributed by atoms with Crippen molar-refractivity contribution in [1.82, 2.24) is 0 Å². The molecule has 6 heteroatoms. The third kappa shape index (κ3) is 5.17. The van der Waals surface area contributed by atoms with Crippen molar-refractivity contribution >= 4 is 29.2 Å². The Balaban J connectivity index is 2.06. The Morgan fingerprint density at radius 1 is 0.815 bits per heavy atom. The summed E-state index contributed by atoms with van der Waals surface area (Å²) in [6, 6.07) is 12.0. The van der Waals surface area contributed by atoms with Gasteiger partial charge in [0.1, 0.15) is 0 Å². The van der Waals surface area contributed by atoms with Crippen molar-refractivity contribution in [2.45, 2.75) is 33.6 Å². The average Bonchev–Trinajstić information content (AvgIpc) is 2.68. The van der Waals surface area contributed by atoms with Gasteiger partial charge in [-0.1, -0.05) is 32.0 Å². The maximum Gasteiger partial charge on any atom is 0.338 e. The maximum atomic E-state index is 12.3. The molecule has 0 atom stereocenters. The highest BCUT2D eigenvalue weighted by atomic mass is 16.5. The van der Waals surface area contributed by atoms with Gasteiger partial charge in [0, 0.05) is 11.4 Å². The number of nitrogens with one attached hydrogen (secondary N) is 2. The lowest BCUT2D eigenvalue weighted by Crippen LogP contribution is -2.29. The molecule has 2 aromatic carbocycles. The first-order chi connectivity index (χ1) is 13.0. The number of benzene rings is 2. The van der Waals surface area contributed by atoms with Crippen molar-refractivity contribution in [3.8, 4) is 0 Å². The number of para-hydroxylation sites is 1. The fraction of sp³-hybridized carbons (Fsp3) is 0.286. The summed E-state index contributed by atoms with van der Waals surface area (Å²) in [6.07, 6.45) is 1.50. The second-order valence-corrected chi connectivity index (χ2v) is 5.86. The molecule has 0 spiro atoms. The number of hydrogen-bond acceptors (Lipinski definition) is 4. The minimum absolute atomic E-state index is 0.288. The smallest absolute Gasteiger partial charge is 0.338 e. The minimum Gasteiger partial charge on any atom is -0.462 e. The number of aryl methyl sites for hydroxylation is 2. The number of ether oxygens (including phenoxy) is 1. The number of anilines is 2. The Bertz CT molecular complexity index is 806. The zero-order chi connectivity index (χ0) is 19.8. The van der Waals surface area contributed by atoms with E-state index in [1.54, 1.807) is 19.1 Å². The van der Waals surface area contributed by atoms with E-state index in [1.807, 2.05) is 32.0 Å². The predicted molar refractivity (Wildman–Crippen MR) is 105 cm³/mol. The molecule has 142 valence electrons. The lowest BCUT2D eigenvalue weighted by atomic mass is 10.0. The van der Waals surface area contributed by atoms with Gasteiger partial charge >= 0.3 is 17.8 Å². The Kier molecular flexibility index (Phi) is 7.11. The fourth-order valence-electron chi connectivity index (χ4n) is 2.67. The van der Waals surface area contributed by atoms with Crippen LogP contribution in [0.1, 0.15) is 42.3 Å². The Labute approximate surface area is 158 Å². The second kappa shape index (κ2) is 9.52. The van der Waals surface area contributed by atoms with Crippen molar-refractivity contribution in [2.75, 3.05) is 17.2 Å². The van der Waals surface area contributed by atoms with Gasteiger partial charge < -0.3 is 15.4 Å². The Morgan fingerprint density at radius 2 is 1.37 bits per heavy atom. The largest absolute Gasteiger partial charge is 0.462 e. The monoisotopic (exact) mass is 368 g/mol. The van der Waals surface area contributed by atoms with Crippen molar-refractivity contribution in [2.24, 2.45) is 0 Å². The summed E-state index contributed by atoms with van der Waals surface area (Å²) in [5, 5.41) is 5.25. The van der Waals surface area contributed by atoms with Crippen LogP contribution in [-0.4, -0.2) is 24.4 Å². The molecule has 0 aliphatic carbocycles. The fourth-order valence-corrected chi connectivity index (χ4v) is 2.67. The molecule has 0 fully saturated rings. The van der Waals surface area contributed by atoms with Gasteiger partial charge in [-0.25, -0.2) is 4.79 Å². The number of carbonyl (C=O) groups excluding carboxylic acids is 3. The highest BCUT2D eigenvalue weighted by Crippen LogP contribution is 2.22. The molecule has 0 aliphatic rings. The van der Waals surface area contributed by atoms with Crippen molar-refractivity contribution in [3.63, 3.8) is 0 Å². The van der Waals surface area contributed by atoms with E-state index in [4.69, 9.17) is 4.74 Å². The van der Waals surface area contributed by atoms with Gasteiger partial charge in [-0.15, -0.1) is 0 Å². The summed E-state index contributed by atoms with van der Waals surface area (Å²) in [7, 11) is 0. The molecule has 0 saturated carbocycles. The van der Waals surface area contributed by atoms with Gasteiger partial charge in [0.2, 0.25) is 0 Å². The van der Waals surface area contributed by atoms with Crippen LogP contribution in [0.4, 0.5) is 11.4 Å². The third-order valence-corrected chi connectivity index (χ3v) is 4.10. The SMILES string of the molecule is CCOC(=O)c1ccc(NC(=O)C(=O)Nc2c(CC)cccc2CC)cc1. The van der Waals surface area contributed by atoms with Crippen LogP contribution in [0.2, 0.25) is 0 Å². The van der Waals surface area contributed by atoms with Crippen LogP contribution in [0.5, 0.6) is 0 Å². The standard InChI is InChI=1S/C21H24N2O4/c1-4-14-8-7-9-15(5-2)18(14)23-20(25)19(24)22-17-12-10-16(11-13-17)21(26)27-6-3/h7-13H,4-6H2,1-3H3,(H,22,24)(H,23,25). The zero-order valence-electron chi connectivity index (χ0n) is 15.8. The molecule has 0 radical (unpaired) electrons. The van der Waals surface area contributed by atoms with E-state index in [0.29, 0.717) is 16.9 Å². The normalized spacial score (nSPS) is 10.2. The molecule has 27 heavy (non-hydrogen) atoms. The summed E-state index contributed by atoms with van der Waals surface area (Å²) in [4.78, 5) is 36.2. The van der Waals surface area contributed by atoms with Crippen molar-refractivity contribution in [1.29, 1.82) is 0 Å². The minimum atomic E-state index is -0.771. The molecule has 0 unspecified atom stereocenters. The molecular weight excluding hydrogens is 344 g/mol. The summed E-state index contributed by atoms with van der Waals surface area (Å²) >= 11 is 0. The van der Waals surface area contributed by atoms with Gasteiger partial charge in [-0.05, 0) is 55.2 Å². The van der Waals surface area contributed by atoms with Gasteiger partial charge in [0.05, 0.1) is 12.2 Å². The summed E-state index contributed by atoms with van der Waals surface area (Å²) in [5.74, 6) is -1.94. The van der Waals surface area contributed by atoms with E-state index >= 15 is 0 Å². The molecule has 0 aliphatic heterocycles. The molecule has 2 amide bonds. The molecule has 0 saturated heterocycles. The van der Waals surface area contributed by atoms with Gasteiger partial charge in [0.25, 0.3) is 0 Å². The molecule has 2 rings (SSSR count). The number of hydrogen-bond donors (Lipinski definition) is 2. The Morgan fingerprint density at radius 3 is 1.89 bits per heavy atom. The summed E-state index contributed by atoms with van der Waals surface area (Å²) in [6.45, 7) is 6.01.